The number of aromatic nitrogens is 2. The number of aryl methyl sites for hydroxylation is 2. The summed E-state index contributed by atoms with van der Waals surface area (Å²) in [6.45, 7) is 5.35. The van der Waals surface area contributed by atoms with Crippen LogP contribution in [0.3, 0.4) is 0 Å². The molecule has 2 rings (SSSR count). The van der Waals surface area contributed by atoms with E-state index in [4.69, 9.17) is 4.74 Å². The van der Waals surface area contributed by atoms with Crippen LogP contribution in [0.4, 0.5) is 4.79 Å². The van der Waals surface area contributed by atoms with Gasteiger partial charge in [-0.2, -0.15) is 5.10 Å². The molecule has 112 valence electrons. The molecule has 6 heteroatoms. The van der Waals surface area contributed by atoms with Crippen LogP contribution in [0.5, 0.6) is 5.75 Å². The maximum absolute atomic E-state index is 11.5. The number of nitrogens with zero attached hydrogens (tertiary/aromatic N) is 1. The van der Waals surface area contributed by atoms with E-state index in [0.717, 1.165) is 17.0 Å². The molecule has 21 heavy (non-hydrogen) atoms. The lowest BCUT2D eigenvalue weighted by Crippen LogP contribution is -2.37. The molecule has 0 saturated heterocycles. The molecule has 0 saturated carbocycles. The first-order valence-electron chi connectivity index (χ1n) is 6.85. The van der Waals surface area contributed by atoms with Crippen LogP contribution in [-0.4, -0.2) is 29.4 Å². The maximum atomic E-state index is 11.5. The molecule has 0 unspecified atom stereocenters. The average Bonchev–Trinajstić information content (AvgIpc) is 2.96. The first kappa shape index (κ1) is 14.9. The number of rotatable bonds is 6. The van der Waals surface area contributed by atoms with Crippen LogP contribution < -0.4 is 15.4 Å². The van der Waals surface area contributed by atoms with E-state index in [-0.39, 0.29) is 6.03 Å². The van der Waals surface area contributed by atoms with Crippen LogP contribution in [0.2, 0.25) is 0 Å². The Hall–Kier alpha value is -2.50. The summed E-state index contributed by atoms with van der Waals surface area (Å²) in [5.41, 5.74) is 3.16. The Balaban J connectivity index is 1.64. The number of hydrogen-bond acceptors (Lipinski definition) is 3. The number of ether oxygens (including phenoxy) is 1. The molecule has 0 aliphatic heterocycles. The van der Waals surface area contributed by atoms with Crippen molar-refractivity contribution in [3.8, 4) is 5.75 Å². The van der Waals surface area contributed by atoms with E-state index in [1.807, 2.05) is 32.0 Å². The molecular weight excluding hydrogens is 268 g/mol. The first-order valence-corrected chi connectivity index (χ1v) is 6.85. The second-order valence-electron chi connectivity index (χ2n) is 4.81. The zero-order valence-electron chi connectivity index (χ0n) is 12.3. The Morgan fingerprint density at radius 2 is 2.14 bits per heavy atom. The van der Waals surface area contributed by atoms with Gasteiger partial charge in [-0.15, -0.1) is 0 Å². The summed E-state index contributed by atoms with van der Waals surface area (Å²) >= 11 is 0. The summed E-state index contributed by atoms with van der Waals surface area (Å²) in [5.74, 6) is 0.847. The van der Waals surface area contributed by atoms with Crippen LogP contribution in [0.1, 0.15) is 16.8 Å². The SMILES string of the molecule is Cc1ccc(OCCNC(=O)NCc2ccn[nH]2)c(C)c1. The highest BCUT2D eigenvalue weighted by molar-refractivity contribution is 5.73. The van der Waals surface area contributed by atoms with Gasteiger partial charge in [-0.3, -0.25) is 5.10 Å². The zero-order chi connectivity index (χ0) is 15.1. The van der Waals surface area contributed by atoms with Crippen LogP contribution in [0, 0.1) is 13.8 Å². The lowest BCUT2D eigenvalue weighted by atomic mass is 10.1. The van der Waals surface area contributed by atoms with Crippen LogP contribution >= 0.6 is 0 Å². The van der Waals surface area contributed by atoms with Crippen molar-refractivity contribution in [2.75, 3.05) is 13.2 Å². The number of aromatic amines is 1. The second kappa shape index (κ2) is 7.33. The topological polar surface area (TPSA) is 79.0 Å². The minimum atomic E-state index is -0.228. The van der Waals surface area contributed by atoms with Gasteiger partial charge in [-0.05, 0) is 31.5 Å². The molecule has 2 amide bonds. The number of carbonyl (C=O) groups is 1. The van der Waals surface area contributed by atoms with E-state index >= 15 is 0 Å². The molecule has 1 heterocycles. The number of urea groups is 1. The third-order valence-corrected chi connectivity index (χ3v) is 2.97. The van der Waals surface area contributed by atoms with Gasteiger partial charge in [0.25, 0.3) is 0 Å². The molecule has 0 aliphatic rings. The van der Waals surface area contributed by atoms with E-state index in [1.54, 1.807) is 6.20 Å². The summed E-state index contributed by atoms with van der Waals surface area (Å²) in [5, 5.41) is 12.0. The van der Waals surface area contributed by atoms with E-state index in [1.165, 1.54) is 5.56 Å². The molecule has 0 aliphatic carbocycles. The molecule has 1 aromatic heterocycles. The van der Waals surface area contributed by atoms with Gasteiger partial charge in [-0.1, -0.05) is 17.7 Å². The number of nitrogens with one attached hydrogen (secondary N) is 3. The van der Waals surface area contributed by atoms with Crippen molar-refractivity contribution in [2.45, 2.75) is 20.4 Å². The van der Waals surface area contributed by atoms with Crippen molar-refractivity contribution in [2.24, 2.45) is 0 Å². The summed E-state index contributed by atoms with van der Waals surface area (Å²) in [6, 6.07) is 7.60. The Morgan fingerprint density at radius 3 is 2.86 bits per heavy atom. The minimum absolute atomic E-state index is 0.228. The van der Waals surface area contributed by atoms with Gasteiger partial charge in [0.05, 0.1) is 18.8 Å². The minimum Gasteiger partial charge on any atom is -0.491 e. The van der Waals surface area contributed by atoms with Crippen LogP contribution in [0.15, 0.2) is 30.5 Å². The number of H-pyrrole nitrogens is 1. The highest BCUT2D eigenvalue weighted by Crippen LogP contribution is 2.18. The normalized spacial score (nSPS) is 10.2. The standard InChI is InChI=1S/C15H20N4O2/c1-11-3-4-14(12(2)9-11)21-8-7-16-15(20)17-10-13-5-6-18-19-13/h3-6,9H,7-8,10H2,1-2H3,(H,18,19)(H2,16,17,20). The van der Waals surface area contributed by atoms with Crippen molar-refractivity contribution in [3.05, 3.63) is 47.3 Å². The van der Waals surface area contributed by atoms with Crippen molar-refractivity contribution in [1.82, 2.24) is 20.8 Å². The molecular formula is C15H20N4O2. The number of hydrogen-bond donors (Lipinski definition) is 3. The Labute approximate surface area is 123 Å². The van der Waals surface area contributed by atoms with Crippen LogP contribution in [-0.2, 0) is 6.54 Å². The molecule has 2 aromatic rings. The Kier molecular flexibility index (Phi) is 5.20. The Bertz CT molecular complexity index is 581. The third kappa shape index (κ3) is 4.83. The summed E-state index contributed by atoms with van der Waals surface area (Å²) < 4.78 is 5.63. The van der Waals surface area contributed by atoms with Crippen LogP contribution in [0.25, 0.3) is 0 Å². The molecule has 1 aromatic carbocycles. The largest absolute Gasteiger partial charge is 0.491 e. The summed E-state index contributed by atoms with van der Waals surface area (Å²) in [4.78, 5) is 11.5. The fraction of sp³-hybridized carbons (Fsp3) is 0.333. The van der Waals surface area contributed by atoms with E-state index < -0.39 is 0 Å². The second-order valence-corrected chi connectivity index (χ2v) is 4.81. The smallest absolute Gasteiger partial charge is 0.315 e. The van der Waals surface area contributed by atoms with Gasteiger partial charge in [0.15, 0.2) is 0 Å². The number of amides is 2. The Morgan fingerprint density at radius 1 is 1.29 bits per heavy atom. The van der Waals surface area contributed by atoms with Gasteiger partial charge in [-0.25, -0.2) is 4.79 Å². The van der Waals surface area contributed by atoms with E-state index in [0.29, 0.717) is 19.7 Å². The molecule has 0 spiro atoms. The van der Waals surface area contributed by atoms with Crippen molar-refractivity contribution in [1.29, 1.82) is 0 Å². The fourth-order valence-electron chi connectivity index (χ4n) is 1.91. The highest BCUT2D eigenvalue weighted by atomic mass is 16.5. The quantitative estimate of drug-likeness (QED) is 0.710. The lowest BCUT2D eigenvalue weighted by Gasteiger charge is -2.11. The molecule has 0 radical (unpaired) electrons. The van der Waals surface area contributed by atoms with Gasteiger partial charge in [0, 0.05) is 6.20 Å². The molecule has 0 fully saturated rings. The van der Waals surface area contributed by atoms with Gasteiger partial charge in [0.1, 0.15) is 12.4 Å². The van der Waals surface area contributed by atoms with Gasteiger partial charge < -0.3 is 15.4 Å². The van der Waals surface area contributed by atoms with Crippen molar-refractivity contribution >= 4 is 6.03 Å². The molecule has 0 bridgehead atoms. The predicted octanol–water partition coefficient (Wildman–Crippen LogP) is 1.90. The van der Waals surface area contributed by atoms with Gasteiger partial charge >= 0.3 is 6.03 Å². The highest BCUT2D eigenvalue weighted by Gasteiger charge is 2.02. The lowest BCUT2D eigenvalue weighted by molar-refractivity contribution is 0.236. The monoisotopic (exact) mass is 288 g/mol. The molecule has 3 N–H and O–H groups in total. The summed E-state index contributed by atoms with van der Waals surface area (Å²) in [7, 11) is 0. The average molecular weight is 288 g/mol. The van der Waals surface area contributed by atoms with Crippen molar-refractivity contribution < 1.29 is 9.53 Å². The fourth-order valence-corrected chi connectivity index (χ4v) is 1.91. The maximum Gasteiger partial charge on any atom is 0.315 e. The third-order valence-electron chi connectivity index (χ3n) is 2.97. The zero-order valence-corrected chi connectivity index (χ0v) is 12.3. The first-order chi connectivity index (χ1) is 10.1. The predicted molar refractivity (Wildman–Crippen MR) is 80.2 cm³/mol. The van der Waals surface area contributed by atoms with Crippen molar-refractivity contribution in [3.63, 3.8) is 0 Å². The van der Waals surface area contributed by atoms with Gasteiger partial charge in [0.2, 0.25) is 0 Å². The summed E-state index contributed by atoms with van der Waals surface area (Å²) in [6.07, 6.45) is 1.65. The number of carbonyl (C=O) groups excluding carboxylic acids is 1. The number of benzene rings is 1. The molecule has 0 atom stereocenters. The molecule has 6 nitrogen and oxygen atoms in total. The van der Waals surface area contributed by atoms with E-state index in [2.05, 4.69) is 26.9 Å². The van der Waals surface area contributed by atoms with E-state index in [9.17, 15) is 4.79 Å².